The molecule has 0 aliphatic rings. The van der Waals surface area contributed by atoms with Crippen LogP contribution in [0.5, 0.6) is 0 Å². The smallest absolute Gasteiger partial charge is 0.160 e. The molecule has 2 N–H and O–H groups in total. The number of aryl methyl sites for hydroxylation is 1. The molecule has 3 rings (SSSR count). The molecule has 3 aromatic rings. The number of halogens is 1. The summed E-state index contributed by atoms with van der Waals surface area (Å²) in [4.78, 5) is 10.4. The minimum atomic E-state index is 0. The molecule has 0 unspecified atom stereocenters. The van der Waals surface area contributed by atoms with E-state index in [2.05, 4.69) is 35.1 Å². The summed E-state index contributed by atoms with van der Waals surface area (Å²) in [7, 11) is 0. The molecule has 0 spiro atoms. The van der Waals surface area contributed by atoms with Crippen LogP contribution >= 0.6 is 23.7 Å². The van der Waals surface area contributed by atoms with Gasteiger partial charge in [-0.2, -0.15) is 0 Å². The summed E-state index contributed by atoms with van der Waals surface area (Å²) in [6, 6.07) is 14.3. The Labute approximate surface area is 134 Å². The van der Waals surface area contributed by atoms with E-state index < -0.39 is 0 Å². The highest BCUT2D eigenvalue weighted by Crippen LogP contribution is 2.26. The zero-order valence-corrected chi connectivity index (χ0v) is 13.2. The van der Waals surface area contributed by atoms with E-state index in [9.17, 15) is 0 Å². The van der Waals surface area contributed by atoms with Crippen LogP contribution in [0.2, 0.25) is 0 Å². The van der Waals surface area contributed by atoms with Crippen LogP contribution in [0.25, 0.3) is 22.0 Å². The molecule has 2 aromatic heterocycles. The van der Waals surface area contributed by atoms with Gasteiger partial charge in [-0.05, 0) is 30.5 Å². The molecule has 0 aliphatic carbocycles. The van der Waals surface area contributed by atoms with Crippen LogP contribution in [-0.4, -0.2) is 9.97 Å². The summed E-state index contributed by atoms with van der Waals surface area (Å²) in [5.41, 5.74) is 9.78. The Bertz CT molecular complexity index is 726. The SMILES string of the molecule is Cc1cccc(-c2nc(CN)cc(-c3cccs3)n2)c1.Cl. The second-order valence-corrected chi connectivity index (χ2v) is 5.57. The molecule has 0 saturated heterocycles. The molecule has 0 bridgehead atoms. The first-order valence-corrected chi connectivity index (χ1v) is 7.33. The molecule has 0 aliphatic heterocycles. The predicted molar refractivity (Wildman–Crippen MR) is 90.7 cm³/mol. The molecule has 0 radical (unpaired) electrons. The van der Waals surface area contributed by atoms with E-state index in [1.54, 1.807) is 11.3 Å². The van der Waals surface area contributed by atoms with Crippen LogP contribution in [-0.2, 0) is 6.54 Å². The first-order valence-electron chi connectivity index (χ1n) is 6.45. The zero-order chi connectivity index (χ0) is 13.9. The van der Waals surface area contributed by atoms with Crippen LogP contribution in [0.1, 0.15) is 11.3 Å². The maximum Gasteiger partial charge on any atom is 0.160 e. The lowest BCUT2D eigenvalue weighted by atomic mass is 10.1. The molecule has 3 nitrogen and oxygen atoms in total. The van der Waals surface area contributed by atoms with Crippen molar-refractivity contribution >= 4 is 23.7 Å². The molecule has 0 amide bonds. The Morgan fingerprint density at radius 1 is 1.10 bits per heavy atom. The second kappa shape index (κ2) is 6.80. The topological polar surface area (TPSA) is 51.8 Å². The fraction of sp³-hybridized carbons (Fsp3) is 0.125. The number of rotatable bonds is 3. The third kappa shape index (κ3) is 3.47. The Hall–Kier alpha value is -1.75. The molecule has 1 aromatic carbocycles. The lowest BCUT2D eigenvalue weighted by molar-refractivity contribution is 0.972. The molecule has 0 atom stereocenters. The molecule has 108 valence electrons. The number of benzene rings is 1. The van der Waals surface area contributed by atoms with Crippen molar-refractivity contribution in [3.05, 3.63) is 59.1 Å². The van der Waals surface area contributed by atoms with Crippen LogP contribution < -0.4 is 5.73 Å². The van der Waals surface area contributed by atoms with Gasteiger partial charge >= 0.3 is 0 Å². The van der Waals surface area contributed by atoms with Crippen molar-refractivity contribution in [3.8, 4) is 22.0 Å². The van der Waals surface area contributed by atoms with Gasteiger partial charge in [-0.3, -0.25) is 0 Å². The van der Waals surface area contributed by atoms with Gasteiger partial charge in [-0.25, -0.2) is 9.97 Å². The number of hydrogen-bond acceptors (Lipinski definition) is 4. The van der Waals surface area contributed by atoms with Crippen LogP contribution in [0.3, 0.4) is 0 Å². The average Bonchev–Trinajstić information content (AvgIpc) is 3.01. The van der Waals surface area contributed by atoms with Gasteiger partial charge in [-0.1, -0.05) is 29.8 Å². The van der Waals surface area contributed by atoms with Gasteiger partial charge in [0.1, 0.15) is 0 Å². The van der Waals surface area contributed by atoms with E-state index in [1.165, 1.54) is 5.56 Å². The van der Waals surface area contributed by atoms with E-state index in [1.807, 2.05) is 29.6 Å². The number of thiophene rings is 1. The third-order valence-electron chi connectivity index (χ3n) is 3.04. The zero-order valence-electron chi connectivity index (χ0n) is 11.6. The fourth-order valence-corrected chi connectivity index (χ4v) is 2.75. The summed E-state index contributed by atoms with van der Waals surface area (Å²) in [5.74, 6) is 0.736. The Balaban J connectivity index is 0.00000161. The van der Waals surface area contributed by atoms with Gasteiger partial charge < -0.3 is 5.73 Å². The Morgan fingerprint density at radius 3 is 2.62 bits per heavy atom. The van der Waals surface area contributed by atoms with Gasteiger partial charge in [0.05, 0.1) is 16.3 Å². The van der Waals surface area contributed by atoms with E-state index >= 15 is 0 Å². The first kappa shape index (κ1) is 15.6. The van der Waals surface area contributed by atoms with Crippen molar-refractivity contribution in [1.29, 1.82) is 0 Å². The van der Waals surface area contributed by atoms with E-state index in [0.717, 1.165) is 27.7 Å². The van der Waals surface area contributed by atoms with Crippen molar-refractivity contribution in [2.75, 3.05) is 0 Å². The van der Waals surface area contributed by atoms with Crippen LogP contribution in [0.4, 0.5) is 0 Å². The van der Waals surface area contributed by atoms with Crippen molar-refractivity contribution in [1.82, 2.24) is 9.97 Å². The maximum absolute atomic E-state index is 5.76. The van der Waals surface area contributed by atoms with Gasteiger partial charge in [0.15, 0.2) is 5.82 Å². The quantitative estimate of drug-likeness (QED) is 0.792. The lowest BCUT2D eigenvalue weighted by Crippen LogP contribution is -2.03. The van der Waals surface area contributed by atoms with E-state index in [-0.39, 0.29) is 12.4 Å². The number of aromatic nitrogens is 2. The van der Waals surface area contributed by atoms with Gasteiger partial charge in [0, 0.05) is 12.1 Å². The standard InChI is InChI=1S/C16H15N3S.ClH/c1-11-4-2-5-12(8-11)16-18-13(10-17)9-14(19-16)15-6-3-7-20-15;/h2-9H,10,17H2,1H3;1H. The predicted octanol–water partition coefficient (Wildman–Crippen LogP) is 4.06. The molecular weight excluding hydrogens is 302 g/mol. The van der Waals surface area contributed by atoms with Crippen molar-refractivity contribution in [2.45, 2.75) is 13.5 Å². The largest absolute Gasteiger partial charge is 0.325 e. The highest BCUT2D eigenvalue weighted by atomic mass is 35.5. The summed E-state index contributed by atoms with van der Waals surface area (Å²) < 4.78 is 0. The molecule has 5 heteroatoms. The third-order valence-corrected chi connectivity index (χ3v) is 3.93. The average molecular weight is 318 g/mol. The molecular formula is C16H16ClN3S. The molecule has 0 saturated carbocycles. The van der Waals surface area contributed by atoms with Crippen LogP contribution in [0, 0.1) is 6.92 Å². The monoisotopic (exact) mass is 317 g/mol. The highest BCUT2D eigenvalue weighted by molar-refractivity contribution is 7.13. The summed E-state index contributed by atoms with van der Waals surface area (Å²) in [6.07, 6.45) is 0. The molecule has 21 heavy (non-hydrogen) atoms. The number of hydrogen-bond donors (Lipinski definition) is 1. The number of nitrogens with zero attached hydrogens (tertiary/aromatic N) is 2. The Morgan fingerprint density at radius 2 is 1.95 bits per heavy atom. The van der Waals surface area contributed by atoms with Gasteiger partial charge in [0.25, 0.3) is 0 Å². The molecule has 2 heterocycles. The summed E-state index contributed by atoms with van der Waals surface area (Å²) >= 11 is 1.67. The van der Waals surface area contributed by atoms with E-state index in [4.69, 9.17) is 5.73 Å². The second-order valence-electron chi connectivity index (χ2n) is 4.62. The lowest BCUT2D eigenvalue weighted by Gasteiger charge is -2.07. The minimum absolute atomic E-state index is 0. The minimum Gasteiger partial charge on any atom is -0.325 e. The number of nitrogens with two attached hydrogens (primary N) is 1. The van der Waals surface area contributed by atoms with Crippen molar-refractivity contribution < 1.29 is 0 Å². The summed E-state index contributed by atoms with van der Waals surface area (Å²) in [6.45, 7) is 2.48. The van der Waals surface area contributed by atoms with Crippen molar-refractivity contribution in [3.63, 3.8) is 0 Å². The van der Waals surface area contributed by atoms with Crippen LogP contribution in [0.15, 0.2) is 47.8 Å². The maximum atomic E-state index is 5.76. The first-order chi connectivity index (χ1) is 9.76. The highest BCUT2D eigenvalue weighted by Gasteiger charge is 2.08. The van der Waals surface area contributed by atoms with Crippen molar-refractivity contribution in [2.24, 2.45) is 5.73 Å². The Kier molecular flexibility index (Phi) is 5.07. The fourth-order valence-electron chi connectivity index (χ4n) is 2.07. The van der Waals surface area contributed by atoms with E-state index in [0.29, 0.717) is 6.54 Å². The molecule has 0 fully saturated rings. The van der Waals surface area contributed by atoms with Gasteiger partial charge in [-0.15, -0.1) is 23.7 Å². The normalized spacial score (nSPS) is 10.2. The van der Waals surface area contributed by atoms with Gasteiger partial charge in [0.2, 0.25) is 0 Å². The summed E-state index contributed by atoms with van der Waals surface area (Å²) in [5, 5.41) is 2.05.